The Hall–Kier alpha value is -4.59. The first-order chi connectivity index (χ1) is 20.7. The zero-order chi connectivity index (χ0) is 30.1. The molecule has 1 aliphatic rings. The number of hydrogen-bond donors (Lipinski definition) is 0. The van der Waals surface area contributed by atoms with Gasteiger partial charge in [-0.3, -0.25) is 4.57 Å². The van der Waals surface area contributed by atoms with Gasteiger partial charge in [0.15, 0.2) is 0 Å². The number of carbonyl (C=O) groups is 1. The molecule has 222 valence electrons. The number of benzene rings is 3. The molecule has 3 aromatic carbocycles. The summed E-state index contributed by atoms with van der Waals surface area (Å²) in [6.07, 6.45) is 4.88. The van der Waals surface area contributed by atoms with E-state index < -0.39 is 11.8 Å². The molecule has 0 atom stereocenters. The first kappa shape index (κ1) is 28.5. The normalized spacial score (nSPS) is 13.1. The summed E-state index contributed by atoms with van der Waals surface area (Å²) in [4.78, 5) is 22.2. The van der Waals surface area contributed by atoms with Crippen molar-refractivity contribution in [3.63, 3.8) is 0 Å². The Bertz CT molecular complexity index is 1750. The third-order valence-corrected chi connectivity index (χ3v) is 7.56. The molecule has 1 aliphatic heterocycles. The molecule has 3 heterocycles. The number of aromatic nitrogens is 4. The van der Waals surface area contributed by atoms with Crippen LogP contribution in [0.5, 0.6) is 11.8 Å². The molecule has 8 nitrogen and oxygen atoms in total. The number of carbonyl (C=O) groups excluding carboxylic acids is 1. The van der Waals surface area contributed by atoms with Gasteiger partial charge in [-0.05, 0) is 82.3 Å². The Kier molecular flexibility index (Phi) is 7.69. The lowest BCUT2D eigenvalue weighted by molar-refractivity contribution is 0.0207. The lowest BCUT2D eigenvalue weighted by Gasteiger charge is -2.19. The summed E-state index contributed by atoms with van der Waals surface area (Å²) in [5, 5.41) is 0. The van der Waals surface area contributed by atoms with Gasteiger partial charge in [-0.1, -0.05) is 42.5 Å². The molecule has 0 amide bonds. The van der Waals surface area contributed by atoms with E-state index in [2.05, 4.69) is 46.5 Å². The number of ether oxygens (including phenoxy) is 3. The topological polar surface area (TPSA) is 80.4 Å². The van der Waals surface area contributed by atoms with Gasteiger partial charge in [-0.2, -0.15) is 4.98 Å². The Balaban J connectivity index is 1.31. The first-order valence-corrected chi connectivity index (χ1v) is 15.0. The molecule has 5 aromatic rings. The molecular formula is C35H38N4O4. The fourth-order valence-corrected chi connectivity index (χ4v) is 5.59. The number of nitrogens with zero attached hydrogens (tertiary/aromatic N) is 4. The minimum absolute atomic E-state index is 0.452. The average Bonchev–Trinajstić information content (AvgIpc) is 3.55. The van der Waals surface area contributed by atoms with Gasteiger partial charge < -0.3 is 18.8 Å². The molecule has 0 bridgehead atoms. The van der Waals surface area contributed by atoms with Crippen molar-refractivity contribution in [1.82, 2.24) is 19.1 Å². The van der Waals surface area contributed by atoms with E-state index in [9.17, 15) is 4.79 Å². The number of rotatable bonds is 7. The molecule has 43 heavy (non-hydrogen) atoms. The van der Waals surface area contributed by atoms with E-state index in [0.29, 0.717) is 24.9 Å². The molecular weight excluding hydrogens is 540 g/mol. The van der Waals surface area contributed by atoms with Gasteiger partial charge in [-0.25, -0.2) is 9.78 Å². The molecule has 6 rings (SSSR count). The van der Waals surface area contributed by atoms with Crippen LogP contribution in [0.2, 0.25) is 0 Å². The van der Waals surface area contributed by atoms with Crippen LogP contribution >= 0.6 is 0 Å². The van der Waals surface area contributed by atoms with Crippen LogP contribution in [0.1, 0.15) is 57.5 Å². The molecule has 0 N–H and O–H groups in total. The molecule has 0 saturated heterocycles. The van der Waals surface area contributed by atoms with E-state index in [1.165, 1.54) is 18.7 Å². The van der Waals surface area contributed by atoms with Crippen LogP contribution in [0.4, 0.5) is 4.79 Å². The predicted molar refractivity (Wildman–Crippen MR) is 168 cm³/mol. The van der Waals surface area contributed by atoms with Crippen LogP contribution in [0.25, 0.3) is 33.4 Å². The van der Waals surface area contributed by atoms with Crippen molar-refractivity contribution in [2.24, 2.45) is 0 Å². The summed E-state index contributed by atoms with van der Waals surface area (Å²) in [5.41, 5.74) is 7.34. The van der Waals surface area contributed by atoms with Crippen molar-refractivity contribution in [3.8, 4) is 34.1 Å². The minimum Gasteiger partial charge on any atom is -0.465 e. The smallest absolute Gasteiger partial charge is 0.465 e. The van der Waals surface area contributed by atoms with E-state index in [-0.39, 0.29) is 0 Å². The second-order valence-electron chi connectivity index (χ2n) is 12.0. The Labute approximate surface area is 252 Å². The number of aryl methyl sites for hydroxylation is 3. The van der Waals surface area contributed by atoms with Gasteiger partial charge in [0, 0.05) is 30.3 Å². The van der Waals surface area contributed by atoms with Gasteiger partial charge in [-0.15, -0.1) is 0 Å². The molecule has 0 saturated carbocycles. The largest absolute Gasteiger partial charge is 0.514 e. The Morgan fingerprint density at radius 2 is 1.77 bits per heavy atom. The maximum atomic E-state index is 12.4. The molecule has 8 heteroatoms. The van der Waals surface area contributed by atoms with Crippen LogP contribution in [0.3, 0.4) is 0 Å². The van der Waals surface area contributed by atoms with Crippen molar-refractivity contribution in [3.05, 3.63) is 83.8 Å². The molecule has 0 radical (unpaired) electrons. The number of para-hydroxylation sites is 1. The van der Waals surface area contributed by atoms with Crippen molar-refractivity contribution < 1.29 is 19.0 Å². The summed E-state index contributed by atoms with van der Waals surface area (Å²) in [6.45, 7) is 11.7. The fraction of sp³-hybridized carbons (Fsp3) is 0.343. The van der Waals surface area contributed by atoms with E-state index >= 15 is 0 Å². The molecule has 2 aromatic heterocycles. The summed E-state index contributed by atoms with van der Waals surface area (Å²) in [7, 11) is 0. The number of imidazole rings is 2. The van der Waals surface area contributed by atoms with Crippen molar-refractivity contribution in [1.29, 1.82) is 0 Å². The van der Waals surface area contributed by atoms with Gasteiger partial charge in [0.05, 0.1) is 29.9 Å². The summed E-state index contributed by atoms with van der Waals surface area (Å²) in [5.74, 6) is 1.62. The quantitative estimate of drug-likeness (QED) is 0.144. The second-order valence-corrected chi connectivity index (χ2v) is 12.0. The van der Waals surface area contributed by atoms with Gasteiger partial charge in [0.1, 0.15) is 17.2 Å². The van der Waals surface area contributed by atoms with Crippen molar-refractivity contribution >= 4 is 17.2 Å². The number of hydrogen-bond acceptors (Lipinski definition) is 6. The molecule has 0 unspecified atom stereocenters. The van der Waals surface area contributed by atoms with Crippen molar-refractivity contribution in [2.75, 3.05) is 6.61 Å². The first-order valence-electron chi connectivity index (χ1n) is 15.0. The zero-order valence-corrected chi connectivity index (χ0v) is 25.5. The zero-order valence-electron chi connectivity index (χ0n) is 25.5. The van der Waals surface area contributed by atoms with Gasteiger partial charge in [0.25, 0.3) is 6.01 Å². The summed E-state index contributed by atoms with van der Waals surface area (Å²) in [6, 6.07) is 20.7. The lowest BCUT2D eigenvalue weighted by Crippen LogP contribution is -2.26. The maximum absolute atomic E-state index is 12.4. The lowest BCUT2D eigenvalue weighted by atomic mass is 10.0. The number of fused-ring (bicyclic) bond motifs is 2. The van der Waals surface area contributed by atoms with Crippen LogP contribution in [0.15, 0.2) is 66.9 Å². The minimum atomic E-state index is -0.725. The van der Waals surface area contributed by atoms with Crippen LogP contribution < -0.4 is 9.47 Å². The predicted octanol–water partition coefficient (Wildman–Crippen LogP) is 7.97. The van der Waals surface area contributed by atoms with Gasteiger partial charge >= 0.3 is 6.16 Å². The Morgan fingerprint density at radius 1 is 0.977 bits per heavy atom. The van der Waals surface area contributed by atoms with E-state index in [4.69, 9.17) is 24.2 Å². The van der Waals surface area contributed by atoms with Crippen LogP contribution in [-0.2, 0) is 24.2 Å². The fourth-order valence-electron chi connectivity index (χ4n) is 5.59. The third kappa shape index (κ3) is 6.14. The maximum Gasteiger partial charge on any atom is 0.514 e. The highest BCUT2D eigenvalue weighted by Gasteiger charge is 2.21. The molecule has 0 fully saturated rings. The third-order valence-electron chi connectivity index (χ3n) is 7.56. The van der Waals surface area contributed by atoms with Crippen molar-refractivity contribution in [2.45, 2.75) is 72.6 Å². The van der Waals surface area contributed by atoms with Gasteiger partial charge in [0.2, 0.25) is 0 Å². The highest BCUT2D eigenvalue weighted by molar-refractivity contribution is 5.86. The molecule has 0 spiro atoms. The SMILES string of the molecule is CCOc1nc2c(C)cc(-c3cn4c(n3)CCCC4)cc2n1Cc1ccc(-c2ccccc2OC(=O)OC(C)(C)C)cc1. The average molecular weight is 579 g/mol. The summed E-state index contributed by atoms with van der Waals surface area (Å²) >= 11 is 0. The highest BCUT2D eigenvalue weighted by atomic mass is 16.7. The monoisotopic (exact) mass is 578 g/mol. The second kappa shape index (κ2) is 11.6. The van der Waals surface area contributed by atoms with E-state index in [0.717, 1.165) is 57.5 Å². The summed E-state index contributed by atoms with van der Waals surface area (Å²) < 4.78 is 21.4. The molecule has 0 aliphatic carbocycles. The van der Waals surface area contributed by atoms with Crippen LogP contribution in [0, 0.1) is 6.92 Å². The van der Waals surface area contributed by atoms with E-state index in [1.54, 1.807) is 6.07 Å². The highest BCUT2D eigenvalue weighted by Crippen LogP contribution is 2.33. The van der Waals surface area contributed by atoms with E-state index in [1.807, 2.05) is 58.0 Å². The Morgan fingerprint density at radius 3 is 2.51 bits per heavy atom. The van der Waals surface area contributed by atoms with Crippen LogP contribution in [-0.4, -0.2) is 37.5 Å². The standard InChI is InChI=1S/C35H38N4O4/c1-6-41-33-37-32-23(2)19-26(28-22-38-18-10-9-13-31(38)36-28)20-29(32)39(33)21-24-14-16-25(17-15-24)27-11-7-8-12-30(27)42-34(40)43-35(3,4)5/h7-8,11-12,14-17,19-20,22H,6,9-10,13,18,21H2,1-5H3.